The number of rotatable bonds is 11. The van der Waals surface area contributed by atoms with E-state index in [9.17, 15) is 9.59 Å². The van der Waals surface area contributed by atoms with Crippen molar-refractivity contribution < 1.29 is 19.1 Å². The van der Waals surface area contributed by atoms with Gasteiger partial charge in [-0.25, -0.2) is 0 Å². The Hall–Kier alpha value is -3.52. The molecule has 0 unspecified atom stereocenters. The Morgan fingerprint density at radius 2 is 1.77 bits per heavy atom. The molecule has 2 atom stereocenters. The molecule has 2 amide bonds. The van der Waals surface area contributed by atoms with Gasteiger partial charge in [-0.1, -0.05) is 53.5 Å². The van der Waals surface area contributed by atoms with Crippen LogP contribution in [0.2, 0.25) is 10.0 Å². The quantitative estimate of drug-likeness (QED) is 0.262. The molecule has 2 N–H and O–H groups in total. The predicted molar refractivity (Wildman–Crippen MR) is 171 cm³/mol. The number of halogens is 2. The van der Waals surface area contributed by atoms with E-state index >= 15 is 0 Å². The molecule has 0 radical (unpaired) electrons. The largest absolute Gasteiger partial charge is 0.490 e. The molecule has 43 heavy (non-hydrogen) atoms. The summed E-state index contributed by atoms with van der Waals surface area (Å²) < 4.78 is 11.8. The van der Waals surface area contributed by atoms with Crippen LogP contribution in [0.25, 0.3) is 5.57 Å². The number of piperazine rings is 1. The lowest BCUT2D eigenvalue weighted by Gasteiger charge is -2.44. The average Bonchev–Trinajstić information content (AvgIpc) is 2.99. The molecule has 1 fully saturated rings. The number of aryl methyl sites for hydroxylation is 2. The molecule has 2 aliphatic rings. The number of carbonyl (C=O) groups is 2. The van der Waals surface area contributed by atoms with E-state index in [1.165, 1.54) is 0 Å². The third-order valence-corrected chi connectivity index (χ3v) is 8.51. The Balaban J connectivity index is 1.25. The maximum atomic E-state index is 13.7. The smallest absolute Gasteiger partial charge is 0.249 e. The zero-order valence-electron chi connectivity index (χ0n) is 24.5. The Labute approximate surface area is 263 Å². The molecular weight excluding hydrogens is 585 g/mol. The number of carbonyl (C=O) groups excluding carboxylic acids is 2. The highest BCUT2D eigenvalue weighted by molar-refractivity contribution is 6.31. The van der Waals surface area contributed by atoms with Gasteiger partial charge < -0.3 is 25.0 Å². The van der Waals surface area contributed by atoms with Crippen LogP contribution in [0.3, 0.4) is 0 Å². The summed E-state index contributed by atoms with van der Waals surface area (Å²) in [4.78, 5) is 27.7. The molecule has 2 heterocycles. The van der Waals surface area contributed by atoms with Crippen molar-refractivity contribution in [3.63, 3.8) is 0 Å². The van der Waals surface area contributed by atoms with Gasteiger partial charge in [-0.2, -0.15) is 0 Å². The molecule has 5 rings (SSSR count). The van der Waals surface area contributed by atoms with Crippen LogP contribution in [0.5, 0.6) is 11.5 Å². The van der Waals surface area contributed by atoms with Gasteiger partial charge in [0, 0.05) is 48.2 Å². The fourth-order valence-electron chi connectivity index (χ4n) is 5.76. The number of ether oxygens (including phenoxy) is 2. The molecule has 7 nitrogen and oxygen atoms in total. The highest BCUT2D eigenvalue weighted by Gasteiger charge is 2.38. The first-order valence-corrected chi connectivity index (χ1v) is 15.4. The third-order valence-electron chi connectivity index (χ3n) is 7.91. The molecule has 0 aliphatic carbocycles. The van der Waals surface area contributed by atoms with E-state index in [0.29, 0.717) is 49.9 Å². The van der Waals surface area contributed by atoms with Gasteiger partial charge in [0.2, 0.25) is 11.8 Å². The van der Waals surface area contributed by atoms with Crippen LogP contribution < -0.4 is 20.1 Å². The molecular formula is C34H37Cl2N3O4. The van der Waals surface area contributed by atoms with E-state index in [1.807, 2.05) is 72.5 Å². The lowest BCUT2D eigenvalue weighted by atomic mass is 9.83. The molecule has 3 aromatic rings. The lowest BCUT2D eigenvalue weighted by molar-refractivity contribution is -0.131. The van der Waals surface area contributed by atoms with Crippen molar-refractivity contribution in [3.05, 3.63) is 99.0 Å². The van der Waals surface area contributed by atoms with Crippen molar-refractivity contribution >= 4 is 40.6 Å². The first kappa shape index (κ1) is 30.9. The second-order valence-corrected chi connectivity index (χ2v) is 11.9. The summed E-state index contributed by atoms with van der Waals surface area (Å²) in [6.07, 6.45) is 2.20. The van der Waals surface area contributed by atoms with Gasteiger partial charge in [-0.15, -0.1) is 0 Å². The third kappa shape index (κ3) is 7.91. The fraction of sp³-hybridized carbons (Fsp3) is 0.353. The summed E-state index contributed by atoms with van der Waals surface area (Å²) in [6.45, 7) is 5.94. The molecule has 0 aromatic heterocycles. The highest BCUT2D eigenvalue weighted by atomic mass is 35.5. The summed E-state index contributed by atoms with van der Waals surface area (Å²) in [7, 11) is 0. The van der Waals surface area contributed by atoms with Crippen molar-refractivity contribution in [2.45, 2.75) is 45.2 Å². The Morgan fingerprint density at radius 1 is 1.00 bits per heavy atom. The summed E-state index contributed by atoms with van der Waals surface area (Å²) in [5.74, 6) is 1.43. The Morgan fingerprint density at radius 3 is 2.51 bits per heavy atom. The van der Waals surface area contributed by atoms with Crippen molar-refractivity contribution in [2.24, 2.45) is 0 Å². The van der Waals surface area contributed by atoms with Gasteiger partial charge in [0.25, 0.3) is 0 Å². The van der Waals surface area contributed by atoms with Crippen LogP contribution in [0.15, 0.2) is 72.3 Å². The topological polar surface area (TPSA) is 79.9 Å². The zero-order chi connectivity index (χ0) is 30.3. The van der Waals surface area contributed by atoms with E-state index in [0.717, 1.165) is 51.6 Å². The minimum Gasteiger partial charge on any atom is -0.490 e. The maximum absolute atomic E-state index is 13.7. The van der Waals surface area contributed by atoms with Crippen molar-refractivity contribution in [2.75, 3.05) is 32.8 Å². The summed E-state index contributed by atoms with van der Waals surface area (Å²) in [5.41, 5.74) is 4.73. The fourth-order valence-corrected chi connectivity index (χ4v) is 6.21. The second kappa shape index (κ2) is 14.3. The predicted octanol–water partition coefficient (Wildman–Crippen LogP) is 5.85. The molecule has 226 valence electrons. The summed E-state index contributed by atoms with van der Waals surface area (Å²) in [6, 6.07) is 21.0. The highest BCUT2D eigenvalue weighted by Crippen LogP contribution is 2.34. The minimum atomic E-state index is -0.237. The molecule has 1 saturated heterocycles. The molecule has 2 bridgehead atoms. The number of nitrogens with zero attached hydrogens (tertiary/aromatic N) is 1. The second-order valence-electron chi connectivity index (χ2n) is 11.0. The van der Waals surface area contributed by atoms with Gasteiger partial charge >= 0.3 is 0 Å². The van der Waals surface area contributed by atoms with Gasteiger partial charge in [0.1, 0.15) is 24.7 Å². The number of fused-ring (bicyclic) bond motifs is 2. The Kier molecular flexibility index (Phi) is 10.3. The van der Waals surface area contributed by atoms with Crippen molar-refractivity contribution in [1.82, 2.24) is 15.5 Å². The van der Waals surface area contributed by atoms with Crippen LogP contribution in [0, 0.1) is 6.92 Å². The minimum absolute atomic E-state index is 0.0242. The van der Waals surface area contributed by atoms with Crippen LogP contribution >= 0.6 is 23.2 Å². The molecule has 3 aromatic carbocycles. The molecule has 0 saturated carbocycles. The van der Waals surface area contributed by atoms with Crippen LogP contribution in [0.4, 0.5) is 0 Å². The van der Waals surface area contributed by atoms with E-state index < -0.39 is 0 Å². The zero-order valence-corrected chi connectivity index (χ0v) is 26.0. The van der Waals surface area contributed by atoms with E-state index in [-0.39, 0.29) is 23.9 Å². The average molecular weight is 623 g/mol. The summed E-state index contributed by atoms with van der Waals surface area (Å²) >= 11 is 12.3. The number of nitrogens with one attached hydrogen (secondary N) is 2. The van der Waals surface area contributed by atoms with Crippen LogP contribution in [-0.4, -0.2) is 61.6 Å². The van der Waals surface area contributed by atoms with Crippen LogP contribution in [0.1, 0.15) is 36.5 Å². The number of hydrogen-bond acceptors (Lipinski definition) is 5. The maximum Gasteiger partial charge on any atom is 0.249 e. The van der Waals surface area contributed by atoms with E-state index in [4.69, 9.17) is 32.7 Å². The normalized spacial score (nSPS) is 17.9. The summed E-state index contributed by atoms with van der Waals surface area (Å²) in [5, 5.41) is 8.13. The van der Waals surface area contributed by atoms with Gasteiger partial charge in [-0.3, -0.25) is 9.59 Å². The Bertz CT molecular complexity index is 1490. The number of amides is 2. The number of hydrogen-bond donors (Lipinski definition) is 2. The van der Waals surface area contributed by atoms with E-state index in [1.54, 1.807) is 13.0 Å². The molecule has 2 aliphatic heterocycles. The monoisotopic (exact) mass is 621 g/mol. The first-order chi connectivity index (χ1) is 20.8. The van der Waals surface area contributed by atoms with Gasteiger partial charge in [0.05, 0.1) is 6.04 Å². The first-order valence-electron chi connectivity index (χ1n) is 14.7. The van der Waals surface area contributed by atoms with Crippen molar-refractivity contribution in [1.29, 1.82) is 0 Å². The lowest BCUT2D eigenvalue weighted by Crippen LogP contribution is -2.61. The SMILES string of the molecule is CC(=O)N1C[C@H]2CC(c3ccc(OCCOc4ccc(Cl)cc4C)cc3)=C(C(=O)NCCCc3ccccc3Cl)[C@@H](C1)N2. The molecule has 0 spiro atoms. The molecule has 9 heteroatoms. The number of benzene rings is 3. The van der Waals surface area contributed by atoms with Gasteiger partial charge in [0.15, 0.2) is 0 Å². The van der Waals surface area contributed by atoms with Gasteiger partial charge in [-0.05, 0) is 84.8 Å². The van der Waals surface area contributed by atoms with E-state index in [2.05, 4.69) is 10.6 Å². The standard InChI is InChI=1S/C34H37Cl2N3O4/c1-22-18-26(35)11-14-32(22)43-17-16-42-28-12-9-24(10-13-28)29-19-27-20-39(23(2)40)21-31(38-27)33(29)34(41)37-15-5-7-25-6-3-4-8-30(25)36/h3-4,6,8-14,18,27,31,38H,5,7,15-17,19-21H2,1-2H3,(H,37,41)/t27-,31-/m1/s1. The van der Waals surface area contributed by atoms with Crippen molar-refractivity contribution in [3.8, 4) is 11.5 Å². The van der Waals surface area contributed by atoms with Crippen LogP contribution in [-0.2, 0) is 16.0 Å².